The lowest BCUT2D eigenvalue weighted by Gasteiger charge is -2.07. The summed E-state index contributed by atoms with van der Waals surface area (Å²) in [4.78, 5) is 25.1. The quantitative estimate of drug-likeness (QED) is 0.908. The highest BCUT2D eigenvalue weighted by Gasteiger charge is 2.11. The van der Waals surface area contributed by atoms with Gasteiger partial charge in [0.25, 0.3) is 5.56 Å². The van der Waals surface area contributed by atoms with E-state index in [0.717, 1.165) is 18.4 Å². The summed E-state index contributed by atoms with van der Waals surface area (Å²) in [6.45, 7) is 0.419. The Hall–Kier alpha value is -1.81. The summed E-state index contributed by atoms with van der Waals surface area (Å²) in [6.07, 6.45) is 4.82. The van der Waals surface area contributed by atoms with Gasteiger partial charge in [-0.15, -0.1) is 0 Å². The molecule has 19 heavy (non-hydrogen) atoms. The summed E-state index contributed by atoms with van der Waals surface area (Å²) in [7, 11) is 0. The van der Waals surface area contributed by atoms with Crippen LogP contribution >= 0.6 is 11.6 Å². The van der Waals surface area contributed by atoms with Crippen LogP contribution in [0.25, 0.3) is 0 Å². The molecule has 0 amide bonds. The third-order valence-corrected chi connectivity index (χ3v) is 3.75. The van der Waals surface area contributed by atoms with Crippen molar-refractivity contribution >= 4 is 11.6 Å². The number of aromatic amines is 1. The highest BCUT2D eigenvalue weighted by Crippen LogP contribution is 2.23. The largest absolute Gasteiger partial charge is 0.328 e. The molecule has 0 bridgehead atoms. The Kier molecular flexibility index (Phi) is 3.03. The van der Waals surface area contributed by atoms with E-state index in [-0.39, 0.29) is 5.02 Å². The Morgan fingerprint density at radius 2 is 2.00 bits per heavy atom. The molecular formula is C14H13ClN2O2. The number of hydrogen-bond donors (Lipinski definition) is 1. The minimum atomic E-state index is -0.545. The number of H-pyrrole nitrogens is 1. The van der Waals surface area contributed by atoms with Crippen LogP contribution in [0, 0.1) is 0 Å². The maximum absolute atomic E-state index is 11.7. The van der Waals surface area contributed by atoms with Gasteiger partial charge in [-0.25, -0.2) is 4.79 Å². The smallest absolute Gasteiger partial charge is 0.295 e. The monoisotopic (exact) mass is 276 g/mol. The van der Waals surface area contributed by atoms with Crippen LogP contribution in [0.1, 0.15) is 23.1 Å². The summed E-state index contributed by atoms with van der Waals surface area (Å²) in [6, 6.07) is 6.28. The van der Waals surface area contributed by atoms with Crippen LogP contribution in [0.3, 0.4) is 0 Å². The first-order chi connectivity index (χ1) is 9.13. The molecule has 0 aliphatic heterocycles. The number of fused-ring (bicyclic) bond motifs is 1. The molecule has 5 heteroatoms. The molecule has 1 aliphatic carbocycles. The molecule has 1 aromatic carbocycles. The maximum atomic E-state index is 11.7. The third-order valence-electron chi connectivity index (χ3n) is 3.48. The number of nitrogens with one attached hydrogen (secondary N) is 1. The van der Waals surface area contributed by atoms with E-state index in [1.807, 2.05) is 6.07 Å². The first-order valence-corrected chi connectivity index (χ1v) is 6.61. The summed E-state index contributed by atoms with van der Waals surface area (Å²) >= 11 is 5.74. The summed E-state index contributed by atoms with van der Waals surface area (Å²) in [5.41, 5.74) is 2.83. The first-order valence-electron chi connectivity index (χ1n) is 6.23. The number of aryl methyl sites for hydroxylation is 2. The molecule has 0 atom stereocenters. The third kappa shape index (κ3) is 2.36. The molecule has 1 aliphatic rings. The van der Waals surface area contributed by atoms with Gasteiger partial charge in [0.2, 0.25) is 0 Å². The fourth-order valence-electron chi connectivity index (χ4n) is 2.52. The van der Waals surface area contributed by atoms with Gasteiger partial charge >= 0.3 is 5.69 Å². The van der Waals surface area contributed by atoms with Crippen molar-refractivity contribution in [2.24, 2.45) is 0 Å². The van der Waals surface area contributed by atoms with Gasteiger partial charge in [-0.2, -0.15) is 0 Å². The average Bonchev–Trinajstić information content (AvgIpc) is 2.83. The lowest BCUT2D eigenvalue weighted by molar-refractivity contribution is 0.720. The number of benzene rings is 1. The van der Waals surface area contributed by atoms with E-state index in [2.05, 4.69) is 17.1 Å². The number of nitrogens with zero attached hydrogens (tertiary/aromatic N) is 1. The number of rotatable bonds is 2. The van der Waals surface area contributed by atoms with Gasteiger partial charge in [-0.05, 0) is 36.0 Å². The molecule has 0 unspecified atom stereocenters. The maximum Gasteiger partial charge on any atom is 0.328 e. The van der Waals surface area contributed by atoms with Crippen molar-refractivity contribution in [3.8, 4) is 0 Å². The molecule has 1 N–H and O–H groups in total. The SMILES string of the molecule is O=c1[nH]c(=O)n(Cc2ccc3c(c2)CCC3)cc1Cl. The Bertz CT molecular complexity index is 746. The first kappa shape index (κ1) is 12.2. The van der Waals surface area contributed by atoms with Crippen molar-refractivity contribution in [1.82, 2.24) is 9.55 Å². The molecule has 1 aromatic heterocycles. The van der Waals surface area contributed by atoms with E-state index < -0.39 is 11.2 Å². The van der Waals surface area contributed by atoms with Crippen LogP contribution < -0.4 is 11.2 Å². The van der Waals surface area contributed by atoms with E-state index in [1.165, 1.54) is 28.3 Å². The molecule has 0 saturated heterocycles. The van der Waals surface area contributed by atoms with Crippen molar-refractivity contribution in [2.45, 2.75) is 25.8 Å². The second kappa shape index (κ2) is 4.70. The normalized spacial score (nSPS) is 13.5. The van der Waals surface area contributed by atoms with E-state index in [9.17, 15) is 9.59 Å². The van der Waals surface area contributed by atoms with E-state index in [4.69, 9.17) is 11.6 Å². The van der Waals surface area contributed by atoms with E-state index in [1.54, 1.807) is 0 Å². The van der Waals surface area contributed by atoms with Gasteiger partial charge in [-0.1, -0.05) is 29.8 Å². The highest BCUT2D eigenvalue weighted by molar-refractivity contribution is 6.30. The van der Waals surface area contributed by atoms with Gasteiger partial charge in [0.15, 0.2) is 0 Å². The molecule has 0 spiro atoms. The van der Waals surface area contributed by atoms with Crippen LogP contribution in [-0.4, -0.2) is 9.55 Å². The van der Waals surface area contributed by atoms with Crippen molar-refractivity contribution in [1.29, 1.82) is 0 Å². The van der Waals surface area contributed by atoms with Crippen molar-refractivity contribution in [3.63, 3.8) is 0 Å². The standard InChI is InChI=1S/C14H13ClN2O2/c15-12-8-17(14(19)16-13(12)18)7-9-4-5-10-2-1-3-11(10)6-9/h4-6,8H,1-3,7H2,(H,16,18,19). The zero-order valence-corrected chi connectivity index (χ0v) is 11.0. The highest BCUT2D eigenvalue weighted by atomic mass is 35.5. The van der Waals surface area contributed by atoms with Gasteiger partial charge in [0.1, 0.15) is 5.02 Å². The summed E-state index contributed by atoms with van der Waals surface area (Å²) < 4.78 is 1.42. The summed E-state index contributed by atoms with van der Waals surface area (Å²) in [5, 5.41) is 0.0285. The molecule has 0 radical (unpaired) electrons. The van der Waals surface area contributed by atoms with Crippen LogP contribution in [0.15, 0.2) is 34.0 Å². The number of hydrogen-bond acceptors (Lipinski definition) is 2. The van der Waals surface area contributed by atoms with E-state index in [0.29, 0.717) is 6.54 Å². The fourth-order valence-corrected chi connectivity index (χ4v) is 2.69. The Morgan fingerprint density at radius 1 is 1.21 bits per heavy atom. The zero-order chi connectivity index (χ0) is 13.4. The number of halogens is 1. The molecule has 0 fully saturated rings. The Labute approximate surface area is 114 Å². The summed E-state index contributed by atoms with van der Waals surface area (Å²) in [5.74, 6) is 0. The van der Waals surface area contributed by atoms with Gasteiger partial charge in [0.05, 0.1) is 6.54 Å². The molecule has 98 valence electrons. The second-order valence-electron chi connectivity index (χ2n) is 4.82. The van der Waals surface area contributed by atoms with Crippen LogP contribution in [0.5, 0.6) is 0 Å². The van der Waals surface area contributed by atoms with Gasteiger partial charge < -0.3 is 0 Å². The molecule has 3 rings (SSSR count). The van der Waals surface area contributed by atoms with Gasteiger partial charge in [-0.3, -0.25) is 14.3 Å². The van der Waals surface area contributed by atoms with E-state index >= 15 is 0 Å². The minimum Gasteiger partial charge on any atom is -0.295 e. The molecule has 0 saturated carbocycles. The lowest BCUT2D eigenvalue weighted by Crippen LogP contribution is -2.29. The topological polar surface area (TPSA) is 54.9 Å². The fraction of sp³-hybridized carbons (Fsp3) is 0.286. The average molecular weight is 277 g/mol. The van der Waals surface area contributed by atoms with Crippen molar-refractivity contribution < 1.29 is 0 Å². The predicted molar refractivity (Wildman–Crippen MR) is 73.9 cm³/mol. The lowest BCUT2D eigenvalue weighted by atomic mass is 10.1. The van der Waals surface area contributed by atoms with Crippen molar-refractivity contribution in [3.05, 3.63) is 66.9 Å². The Balaban J connectivity index is 1.95. The molecule has 2 aromatic rings. The van der Waals surface area contributed by atoms with Gasteiger partial charge in [0, 0.05) is 6.20 Å². The molecule has 1 heterocycles. The minimum absolute atomic E-state index is 0.0285. The van der Waals surface area contributed by atoms with Crippen LogP contribution in [0.2, 0.25) is 5.02 Å². The number of aromatic nitrogens is 2. The van der Waals surface area contributed by atoms with Crippen LogP contribution in [-0.2, 0) is 19.4 Å². The molecule has 4 nitrogen and oxygen atoms in total. The Morgan fingerprint density at radius 3 is 2.84 bits per heavy atom. The predicted octanol–water partition coefficient (Wildman–Crippen LogP) is 1.73. The second-order valence-corrected chi connectivity index (χ2v) is 5.23. The zero-order valence-electron chi connectivity index (χ0n) is 10.3. The van der Waals surface area contributed by atoms with Crippen molar-refractivity contribution in [2.75, 3.05) is 0 Å². The molecular weight excluding hydrogens is 264 g/mol. The van der Waals surface area contributed by atoms with Crippen LogP contribution in [0.4, 0.5) is 0 Å².